The summed E-state index contributed by atoms with van der Waals surface area (Å²) in [5.41, 5.74) is -2.05. The largest absolute Gasteiger partial charge is 0.481 e. The maximum Gasteiger partial charge on any atom is 0.306 e. The second kappa shape index (κ2) is 11.5. The Morgan fingerprint density at radius 1 is 1.02 bits per heavy atom. The quantitative estimate of drug-likeness (QED) is 0.255. The predicted octanol–water partition coefficient (Wildman–Crippen LogP) is 2.69. The van der Waals surface area contributed by atoms with Crippen LogP contribution in [0.1, 0.15) is 90.9 Å². The van der Waals surface area contributed by atoms with Crippen LogP contribution >= 0.6 is 0 Å². The molecule has 0 aromatic heterocycles. The van der Waals surface area contributed by atoms with E-state index in [9.17, 15) is 33.9 Å². The Kier molecular flexibility index (Phi) is 8.68. The molecule has 0 aromatic rings. The molecule has 3 fully saturated rings. The van der Waals surface area contributed by atoms with E-state index >= 15 is 0 Å². The lowest BCUT2D eigenvalue weighted by molar-refractivity contribution is -0.173. The lowest BCUT2D eigenvalue weighted by atomic mass is 9.46. The summed E-state index contributed by atoms with van der Waals surface area (Å²) < 4.78 is 5.14. The molecule has 3 saturated carbocycles. The average molecular weight is 560 g/mol. The zero-order valence-electron chi connectivity index (χ0n) is 23.5. The molecular formula is C30H41NO9. The van der Waals surface area contributed by atoms with Crippen LogP contribution in [-0.4, -0.2) is 64.2 Å². The van der Waals surface area contributed by atoms with Gasteiger partial charge in [0.05, 0.1) is 6.42 Å². The molecule has 0 heterocycles. The number of hydrogen-bond donors (Lipinski definition) is 3. The maximum atomic E-state index is 13.7. The van der Waals surface area contributed by atoms with Crippen LogP contribution in [-0.2, 0) is 33.5 Å². The van der Waals surface area contributed by atoms with E-state index in [0.29, 0.717) is 38.6 Å². The molecule has 0 aromatic carbocycles. The third-order valence-electron chi connectivity index (χ3n) is 10.3. The van der Waals surface area contributed by atoms with E-state index in [1.807, 2.05) is 6.92 Å². The van der Waals surface area contributed by atoms with Gasteiger partial charge in [-0.15, -0.1) is 0 Å². The predicted molar refractivity (Wildman–Crippen MR) is 142 cm³/mol. The van der Waals surface area contributed by atoms with Gasteiger partial charge in [0.1, 0.15) is 11.4 Å². The van der Waals surface area contributed by atoms with E-state index in [-0.39, 0.29) is 72.7 Å². The van der Waals surface area contributed by atoms with E-state index in [1.165, 1.54) is 0 Å². The smallest absolute Gasteiger partial charge is 0.306 e. The first-order chi connectivity index (χ1) is 18.8. The minimum atomic E-state index is -1.79. The number of carboxylic acid groups (broad SMARTS) is 1. The molecule has 4 aliphatic carbocycles. The second-order valence-corrected chi connectivity index (χ2v) is 12.6. The van der Waals surface area contributed by atoms with Crippen LogP contribution in [0, 0.1) is 28.6 Å². The van der Waals surface area contributed by atoms with E-state index < -0.39 is 35.3 Å². The van der Waals surface area contributed by atoms with Crippen molar-refractivity contribution in [2.75, 3.05) is 13.2 Å². The number of amides is 1. The lowest BCUT2D eigenvalue weighted by Crippen LogP contribution is -2.61. The zero-order chi connectivity index (χ0) is 29.3. The molecule has 3 N–H and O–H groups in total. The highest BCUT2D eigenvalue weighted by Gasteiger charge is 2.68. The monoisotopic (exact) mass is 559 g/mol. The topological polar surface area (TPSA) is 164 Å². The molecule has 4 rings (SSSR count). The fraction of sp³-hybridized carbons (Fsp3) is 0.733. The molecule has 6 atom stereocenters. The minimum absolute atomic E-state index is 0.0219. The number of rotatable bonds is 11. The second-order valence-electron chi connectivity index (χ2n) is 12.6. The molecule has 10 nitrogen and oxygen atoms in total. The summed E-state index contributed by atoms with van der Waals surface area (Å²) in [6.45, 7) is 3.59. The summed E-state index contributed by atoms with van der Waals surface area (Å²) in [5.74, 6) is -2.71. The third kappa shape index (κ3) is 5.51. The number of ether oxygens (including phenoxy) is 1. The van der Waals surface area contributed by atoms with Crippen molar-refractivity contribution in [2.24, 2.45) is 28.6 Å². The maximum absolute atomic E-state index is 13.7. The van der Waals surface area contributed by atoms with Crippen LogP contribution in [0.2, 0.25) is 0 Å². The molecule has 4 aliphatic rings. The van der Waals surface area contributed by atoms with Crippen molar-refractivity contribution >= 4 is 35.2 Å². The highest BCUT2D eigenvalue weighted by atomic mass is 16.5. The summed E-state index contributed by atoms with van der Waals surface area (Å²) in [7, 11) is 0. The van der Waals surface area contributed by atoms with Gasteiger partial charge in [0.2, 0.25) is 11.7 Å². The van der Waals surface area contributed by atoms with Crippen LogP contribution in [0.4, 0.5) is 0 Å². The van der Waals surface area contributed by atoms with Crippen molar-refractivity contribution in [1.29, 1.82) is 0 Å². The summed E-state index contributed by atoms with van der Waals surface area (Å²) in [4.78, 5) is 73.7. The molecule has 0 saturated heterocycles. The van der Waals surface area contributed by atoms with Crippen molar-refractivity contribution in [1.82, 2.24) is 5.32 Å². The van der Waals surface area contributed by atoms with Crippen LogP contribution in [0.25, 0.3) is 0 Å². The molecular weight excluding hydrogens is 518 g/mol. The van der Waals surface area contributed by atoms with Gasteiger partial charge in [0, 0.05) is 43.6 Å². The molecule has 6 unspecified atom stereocenters. The number of unbranched alkanes of at least 4 members (excludes halogenated alkanes) is 1. The molecule has 0 spiro atoms. The van der Waals surface area contributed by atoms with Gasteiger partial charge in [0.15, 0.2) is 12.4 Å². The zero-order valence-corrected chi connectivity index (χ0v) is 23.5. The Morgan fingerprint density at radius 2 is 1.77 bits per heavy atom. The number of ketones is 3. The van der Waals surface area contributed by atoms with Gasteiger partial charge in [-0.25, -0.2) is 0 Å². The van der Waals surface area contributed by atoms with Crippen LogP contribution in [0.15, 0.2) is 11.6 Å². The fourth-order valence-corrected chi connectivity index (χ4v) is 8.12. The fourth-order valence-electron chi connectivity index (χ4n) is 8.12. The number of carbonyl (C=O) groups excluding carboxylic acids is 5. The normalized spacial score (nSPS) is 34.7. The van der Waals surface area contributed by atoms with E-state index in [1.54, 1.807) is 6.08 Å². The molecule has 10 heteroatoms. The van der Waals surface area contributed by atoms with Gasteiger partial charge in [-0.3, -0.25) is 28.8 Å². The number of aliphatic carboxylic acids is 1. The highest BCUT2D eigenvalue weighted by Crippen LogP contribution is 2.66. The third-order valence-corrected chi connectivity index (χ3v) is 10.3. The number of esters is 1. The number of hydrogen-bond acceptors (Lipinski definition) is 8. The molecule has 0 radical (unpaired) electrons. The number of carboxylic acids is 1. The molecule has 220 valence electrons. The van der Waals surface area contributed by atoms with Crippen molar-refractivity contribution in [3.05, 3.63) is 11.6 Å². The van der Waals surface area contributed by atoms with Crippen molar-refractivity contribution in [2.45, 2.75) is 96.5 Å². The van der Waals surface area contributed by atoms with Gasteiger partial charge in [-0.2, -0.15) is 0 Å². The number of aliphatic hydroxyl groups is 1. The molecule has 1 amide bonds. The number of fused-ring (bicyclic) bond motifs is 5. The molecule has 0 aliphatic heterocycles. The van der Waals surface area contributed by atoms with Crippen molar-refractivity contribution in [3.63, 3.8) is 0 Å². The van der Waals surface area contributed by atoms with Gasteiger partial charge in [-0.1, -0.05) is 19.4 Å². The summed E-state index contributed by atoms with van der Waals surface area (Å²) >= 11 is 0. The summed E-state index contributed by atoms with van der Waals surface area (Å²) in [6.07, 6.45) is 5.77. The first kappa shape index (κ1) is 30.1. The number of Topliss-reactive ketones (excluding diaryl/α,β-unsaturated/α-hetero) is 2. The standard InChI is InChI=1S/C30H41NO9/c1-28-12-10-19(32)15-18(28)6-7-20-21-11-13-30(39,29(21,2)16-22(33)27(20)28)23(34)17-40-26(38)9-8-24(35)31-14-4-3-5-25(36)37/h15,20-21,27,39H,3-14,16-17H2,1-2H3,(H,31,35)(H,36,37). The van der Waals surface area contributed by atoms with Gasteiger partial charge >= 0.3 is 11.9 Å². The van der Waals surface area contributed by atoms with E-state index in [4.69, 9.17) is 9.84 Å². The van der Waals surface area contributed by atoms with Gasteiger partial charge in [0.25, 0.3) is 0 Å². The molecule has 0 bridgehead atoms. The van der Waals surface area contributed by atoms with E-state index in [0.717, 1.165) is 18.4 Å². The van der Waals surface area contributed by atoms with Crippen LogP contribution in [0.5, 0.6) is 0 Å². The average Bonchev–Trinajstić information content (AvgIpc) is 3.16. The Balaban J connectivity index is 1.32. The van der Waals surface area contributed by atoms with Crippen molar-refractivity contribution < 1.29 is 43.7 Å². The van der Waals surface area contributed by atoms with Crippen LogP contribution in [0.3, 0.4) is 0 Å². The van der Waals surface area contributed by atoms with Gasteiger partial charge < -0.3 is 20.3 Å². The minimum Gasteiger partial charge on any atom is -0.481 e. The Hall–Kier alpha value is -2.88. The Morgan fingerprint density at radius 3 is 2.50 bits per heavy atom. The van der Waals surface area contributed by atoms with Gasteiger partial charge in [-0.05, 0) is 68.3 Å². The number of carbonyl (C=O) groups is 6. The van der Waals surface area contributed by atoms with Crippen LogP contribution < -0.4 is 5.32 Å². The SMILES string of the molecule is CC12CCC(=O)C=C1CCC1C2C(=O)CC2(C)C1CCC2(O)C(=O)COC(=O)CCC(=O)NCCCCC(=O)O. The Bertz CT molecular complexity index is 1130. The first-order valence-electron chi connectivity index (χ1n) is 14.5. The Labute approximate surface area is 234 Å². The first-order valence-corrected chi connectivity index (χ1v) is 14.5. The molecule has 40 heavy (non-hydrogen) atoms. The highest BCUT2D eigenvalue weighted by molar-refractivity contribution is 5.95. The van der Waals surface area contributed by atoms with Crippen molar-refractivity contribution in [3.8, 4) is 0 Å². The lowest BCUT2D eigenvalue weighted by Gasteiger charge is -2.57. The summed E-state index contributed by atoms with van der Waals surface area (Å²) in [6, 6.07) is 0. The van der Waals surface area contributed by atoms with E-state index in [2.05, 4.69) is 12.2 Å². The number of nitrogens with one attached hydrogen (secondary N) is 1. The summed E-state index contributed by atoms with van der Waals surface area (Å²) in [5, 5.41) is 22.9. The number of allylic oxidation sites excluding steroid dienone is 1.